The largest absolute Gasteiger partial charge is 0.494 e. The number of aliphatic hydroxyl groups excluding tert-OH is 1. The maximum Gasteiger partial charge on any atom is 0.272 e. The third-order valence-electron chi connectivity index (χ3n) is 4.30. The normalized spacial score (nSPS) is 16.5. The van der Waals surface area contributed by atoms with Gasteiger partial charge in [0.25, 0.3) is 5.95 Å². The van der Waals surface area contributed by atoms with Crippen LogP contribution in [0.4, 0.5) is 0 Å². The first-order valence-corrected chi connectivity index (χ1v) is 8.61. The third kappa shape index (κ3) is 4.79. The summed E-state index contributed by atoms with van der Waals surface area (Å²) < 4.78 is 11.1. The van der Waals surface area contributed by atoms with Crippen LogP contribution in [-0.2, 0) is 17.6 Å². The van der Waals surface area contributed by atoms with Gasteiger partial charge in [-0.15, -0.1) is 0 Å². The number of hydrogen-bond acceptors (Lipinski definition) is 3. The van der Waals surface area contributed by atoms with Crippen LogP contribution in [0, 0.1) is 0 Å². The molecule has 0 aliphatic carbocycles. The molecule has 1 unspecified atom stereocenters. The van der Waals surface area contributed by atoms with Crippen LogP contribution in [-0.4, -0.2) is 17.8 Å². The number of aryl methyl sites for hydroxylation is 2. The molecule has 3 nitrogen and oxygen atoms in total. The predicted octanol–water partition coefficient (Wildman–Crippen LogP) is 4.82. The minimum Gasteiger partial charge on any atom is -0.494 e. The van der Waals surface area contributed by atoms with E-state index < -0.39 is 0 Å². The van der Waals surface area contributed by atoms with Crippen molar-refractivity contribution in [2.45, 2.75) is 38.2 Å². The summed E-state index contributed by atoms with van der Waals surface area (Å²) in [4.78, 5) is 0. The van der Waals surface area contributed by atoms with Gasteiger partial charge in [-0.2, -0.15) is 0 Å². The van der Waals surface area contributed by atoms with Gasteiger partial charge in [0, 0.05) is 6.42 Å². The van der Waals surface area contributed by atoms with Crippen LogP contribution in [0.25, 0.3) is 0 Å². The molecule has 0 radical (unpaired) electrons. The molecule has 1 N–H and O–H groups in total. The molecule has 0 saturated heterocycles. The van der Waals surface area contributed by atoms with Gasteiger partial charge in [0.2, 0.25) is 0 Å². The Hall–Kier alpha value is -2.42. The first-order chi connectivity index (χ1) is 11.8. The highest BCUT2D eigenvalue weighted by molar-refractivity contribution is 5.27. The Morgan fingerprint density at radius 1 is 0.958 bits per heavy atom. The molecule has 126 valence electrons. The Morgan fingerprint density at radius 3 is 2.38 bits per heavy atom. The number of para-hydroxylation sites is 1. The van der Waals surface area contributed by atoms with Gasteiger partial charge in [0.05, 0.1) is 6.61 Å². The van der Waals surface area contributed by atoms with Gasteiger partial charge in [0.15, 0.2) is 0 Å². The van der Waals surface area contributed by atoms with Crippen LogP contribution in [0.3, 0.4) is 0 Å². The van der Waals surface area contributed by atoms with E-state index in [0.29, 0.717) is 0 Å². The summed E-state index contributed by atoms with van der Waals surface area (Å²) in [5.41, 5.74) is 2.75. The van der Waals surface area contributed by atoms with Crippen LogP contribution in [0.1, 0.15) is 30.4 Å². The molecular weight excluding hydrogens is 300 g/mol. The first-order valence-electron chi connectivity index (χ1n) is 8.61. The molecule has 1 heterocycles. The van der Waals surface area contributed by atoms with Gasteiger partial charge in [0.1, 0.15) is 11.9 Å². The quantitative estimate of drug-likeness (QED) is 0.708. The van der Waals surface area contributed by atoms with Crippen LogP contribution in [0.5, 0.6) is 5.75 Å². The first kappa shape index (κ1) is 16.4. The number of benzene rings is 2. The summed E-state index contributed by atoms with van der Waals surface area (Å²) in [6.07, 6.45) is 6.57. The van der Waals surface area contributed by atoms with E-state index in [1.165, 1.54) is 11.1 Å². The molecule has 0 bridgehead atoms. The second-order valence-electron chi connectivity index (χ2n) is 6.09. The van der Waals surface area contributed by atoms with Crippen LogP contribution in [0.15, 0.2) is 66.6 Å². The zero-order valence-corrected chi connectivity index (χ0v) is 13.9. The molecule has 0 spiro atoms. The highest BCUT2D eigenvalue weighted by Gasteiger charge is 2.17. The monoisotopic (exact) mass is 324 g/mol. The maximum atomic E-state index is 9.31. The average molecular weight is 324 g/mol. The molecule has 0 fully saturated rings. The van der Waals surface area contributed by atoms with Crippen molar-refractivity contribution in [2.24, 2.45) is 0 Å². The Balaban J connectivity index is 1.45. The summed E-state index contributed by atoms with van der Waals surface area (Å²) in [7, 11) is 0. The fourth-order valence-electron chi connectivity index (χ4n) is 3.01. The molecule has 1 aliphatic rings. The van der Waals surface area contributed by atoms with Crippen molar-refractivity contribution in [3.8, 4) is 5.75 Å². The molecule has 24 heavy (non-hydrogen) atoms. The minimum atomic E-state index is 0.0753. The lowest BCUT2D eigenvalue weighted by Gasteiger charge is -2.13. The zero-order chi connectivity index (χ0) is 16.6. The molecular formula is C21H24O3. The van der Waals surface area contributed by atoms with E-state index in [4.69, 9.17) is 9.47 Å². The smallest absolute Gasteiger partial charge is 0.272 e. The van der Waals surface area contributed by atoms with Crippen molar-refractivity contribution in [3.63, 3.8) is 0 Å². The van der Waals surface area contributed by atoms with Gasteiger partial charge in [-0.3, -0.25) is 0 Å². The van der Waals surface area contributed by atoms with E-state index in [9.17, 15) is 5.11 Å². The second kappa shape index (κ2) is 8.44. The molecule has 3 heteroatoms. The van der Waals surface area contributed by atoms with Crippen molar-refractivity contribution in [2.75, 3.05) is 6.61 Å². The van der Waals surface area contributed by atoms with Crippen LogP contribution >= 0.6 is 0 Å². The van der Waals surface area contributed by atoms with Gasteiger partial charge in [-0.1, -0.05) is 42.5 Å². The Bertz CT molecular complexity index is 664. The lowest BCUT2D eigenvalue weighted by atomic mass is 9.97. The summed E-state index contributed by atoms with van der Waals surface area (Å²) in [5.74, 6) is 1.00. The second-order valence-corrected chi connectivity index (χ2v) is 6.09. The number of rotatable bonds is 8. The number of aliphatic hydroxyl groups is 1. The fraction of sp³-hybridized carbons (Fsp3) is 0.333. The van der Waals surface area contributed by atoms with Crippen molar-refractivity contribution in [1.82, 2.24) is 0 Å². The molecule has 2 aromatic carbocycles. The summed E-state index contributed by atoms with van der Waals surface area (Å²) in [6, 6.07) is 18.5. The van der Waals surface area contributed by atoms with Crippen molar-refractivity contribution in [3.05, 3.63) is 77.7 Å². The highest BCUT2D eigenvalue weighted by atomic mass is 16.6. The van der Waals surface area contributed by atoms with Crippen molar-refractivity contribution >= 4 is 0 Å². The maximum absolute atomic E-state index is 9.31. The van der Waals surface area contributed by atoms with Gasteiger partial charge in [-0.05, 0) is 55.0 Å². The third-order valence-corrected chi connectivity index (χ3v) is 4.30. The molecule has 1 atom stereocenters. The van der Waals surface area contributed by atoms with Crippen LogP contribution < -0.4 is 4.74 Å². The summed E-state index contributed by atoms with van der Waals surface area (Å²) in [6.45, 7) is 0.724. The van der Waals surface area contributed by atoms with Gasteiger partial charge >= 0.3 is 0 Å². The van der Waals surface area contributed by atoms with Crippen molar-refractivity contribution in [1.29, 1.82) is 0 Å². The zero-order valence-electron chi connectivity index (χ0n) is 13.9. The topological polar surface area (TPSA) is 38.7 Å². The number of hydrogen-bond donors (Lipinski definition) is 1. The number of ether oxygens (including phenoxy) is 2. The molecule has 0 amide bonds. The van der Waals surface area contributed by atoms with Gasteiger partial charge in [-0.25, -0.2) is 0 Å². The average Bonchev–Trinajstić information content (AvgIpc) is 3.04. The summed E-state index contributed by atoms with van der Waals surface area (Å²) in [5, 5.41) is 9.31. The van der Waals surface area contributed by atoms with E-state index in [-0.39, 0.29) is 12.0 Å². The van der Waals surface area contributed by atoms with Crippen molar-refractivity contribution < 1.29 is 14.6 Å². The van der Waals surface area contributed by atoms with Gasteiger partial charge < -0.3 is 14.6 Å². The lowest BCUT2D eigenvalue weighted by molar-refractivity contribution is 0.0537. The lowest BCUT2D eigenvalue weighted by Crippen LogP contribution is -2.09. The van der Waals surface area contributed by atoms with E-state index in [0.717, 1.165) is 44.5 Å². The molecule has 3 rings (SSSR count). The Morgan fingerprint density at radius 2 is 1.67 bits per heavy atom. The van der Waals surface area contributed by atoms with E-state index in [1.807, 2.05) is 30.3 Å². The van der Waals surface area contributed by atoms with E-state index >= 15 is 0 Å². The van der Waals surface area contributed by atoms with Crippen LogP contribution in [0.2, 0.25) is 0 Å². The minimum absolute atomic E-state index is 0.0753. The highest BCUT2D eigenvalue weighted by Crippen LogP contribution is 2.21. The molecule has 0 saturated carbocycles. The fourth-order valence-corrected chi connectivity index (χ4v) is 3.01. The SMILES string of the molecule is OC1=CCC(CCc2ccccc2CCCOc2ccccc2)O1. The van der Waals surface area contributed by atoms with E-state index in [1.54, 1.807) is 6.08 Å². The standard InChI is InChI=1S/C21H24O3/c22-21-15-14-20(24-21)13-12-18-8-5-4-7-17(18)9-6-16-23-19-10-2-1-3-11-19/h1-5,7-8,10-11,15,20,22H,6,9,12-14,16H2. The Labute approximate surface area is 143 Å². The molecule has 2 aromatic rings. The summed E-state index contributed by atoms with van der Waals surface area (Å²) >= 11 is 0. The predicted molar refractivity (Wildman–Crippen MR) is 95.2 cm³/mol. The Kier molecular flexibility index (Phi) is 5.78. The molecule has 1 aliphatic heterocycles. The van der Waals surface area contributed by atoms with E-state index in [2.05, 4.69) is 24.3 Å². The molecule has 0 aromatic heterocycles.